The summed E-state index contributed by atoms with van der Waals surface area (Å²) in [7, 11) is 0. The van der Waals surface area contributed by atoms with Crippen molar-refractivity contribution in [1.82, 2.24) is 4.98 Å². The minimum Gasteiger partial charge on any atom is -0.465 e. The Kier molecular flexibility index (Phi) is 6.91. The van der Waals surface area contributed by atoms with Crippen molar-refractivity contribution in [1.29, 1.82) is 0 Å². The summed E-state index contributed by atoms with van der Waals surface area (Å²) in [4.78, 5) is 26.8. The molecule has 0 aromatic carbocycles. The molecule has 1 rings (SSSR count). The summed E-state index contributed by atoms with van der Waals surface area (Å²) in [6.07, 6.45) is 1.60. The van der Waals surface area contributed by atoms with Crippen molar-refractivity contribution in [2.24, 2.45) is 5.73 Å². The van der Waals surface area contributed by atoms with E-state index in [1.807, 2.05) is 0 Å². The lowest BCUT2D eigenvalue weighted by Crippen LogP contribution is -2.35. The van der Waals surface area contributed by atoms with Gasteiger partial charge in [0, 0.05) is 11.9 Å². The standard InChI is InChI=1S/C12H17N3O3S/c1-2-18-12(17)9(13)7-19-8-11(16)15-10-5-3-4-6-14-10/h3-6,9H,2,7-8,13H2,1H3,(H,14,15,16)/t9-/m1/s1. The predicted molar refractivity (Wildman–Crippen MR) is 74.8 cm³/mol. The highest BCUT2D eigenvalue weighted by molar-refractivity contribution is 8.00. The van der Waals surface area contributed by atoms with Crippen LogP contribution in [0.2, 0.25) is 0 Å². The zero-order valence-electron chi connectivity index (χ0n) is 10.7. The molecule has 1 aromatic rings. The molecule has 0 saturated carbocycles. The maximum atomic E-state index is 11.6. The van der Waals surface area contributed by atoms with Crippen molar-refractivity contribution < 1.29 is 14.3 Å². The number of carbonyl (C=O) groups is 2. The summed E-state index contributed by atoms with van der Waals surface area (Å²) in [5.41, 5.74) is 5.60. The number of anilines is 1. The second kappa shape index (κ2) is 8.49. The zero-order valence-corrected chi connectivity index (χ0v) is 11.5. The summed E-state index contributed by atoms with van der Waals surface area (Å²) < 4.78 is 4.77. The fourth-order valence-electron chi connectivity index (χ4n) is 1.21. The number of nitrogens with two attached hydrogens (primary N) is 1. The first-order valence-electron chi connectivity index (χ1n) is 5.84. The average Bonchev–Trinajstić information content (AvgIpc) is 2.40. The maximum absolute atomic E-state index is 11.6. The van der Waals surface area contributed by atoms with Crippen LogP contribution in [-0.4, -0.2) is 41.0 Å². The van der Waals surface area contributed by atoms with Gasteiger partial charge in [0.25, 0.3) is 0 Å². The number of ether oxygens (including phenoxy) is 1. The van der Waals surface area contributed by atoms with Crippen molar-refractivity contribution in [3.8, 4) is 0 Å². The van der Waals surface area contributed by atoms with E-state index >= 15 is 0 Å². The molecule has 0 aliphatic carbocycles. The predicted octanol–water partition coefficient (Wildman–Crippen LogP) is 0.644. The Labute approximate surface area is 116 Å². The van der Waals surface area contributed by atoms with Gasteiger partial charge < -0.3 is 15.8 Å². The molecule has 1 heterocycles. The smallest absolute Gasteiger partial charge is 0.323 e. The van der Waals surface area contributed by atoms with Gasteiger partial charge in [0.2, 0.25) is 5.91 Å². The fraction of sp³-hybridized carbons (Fsp3) is 0.417. The molecule has 0 fully saturated rings. The molecule has 0 aliphatic heterocycles. The topological polar surface area (TPSA) is 94.3 Å². The molecule has 3 N–H and O–H groups in total. The monoisotopic (exact) mass is 283 g/mol. The van der Waals surface area contributed by atoms with E-state index in [2.05, 4.69) is 10.3 Å². The Morgan fingerprint density at radius 1 is 1.53 bits per heavy atom. The molecule has 0 saturated heterocycles. The van der Waals surface area contributed by atoms with Crippen molar-refractivity contribution in [2.75, 3.05) is 23.4 Å². The van der Waals surface area contributed by atoms with Gasteiger partial charge in [0.15, 0.2) is 0 Å². The number of aromatic nitrogens is 1. The number of amides is 1. The Morgan fingerprint density at radius 3 is 2.95 bits per heavy atom. The average molecular weight is 283 g/mol. The van der Waals surface area contributed by atoms with Gasteiger partial charge in [0.05, 0.1) is 12.4 Å². The van der Waals surface area contributed by atoms with Crippen LogP contribution < -0.4 is 11.1 Å². The third-order valence-electron chi connectivity index (χ3n) is 2.05. The van der Waals surface area contributed by atoms with Crippen LogP contribution in [-0.2, 0) is 14.3 Å². The lowest BCUT2D eigenvalue weighted by molar-refractivity contribution is -0.144. The Balaban J connectivity index is 2.22. The van der Waals surface area contributed by atoms with E-state index in [0.717, 1.165) is 0 Å². The third kappa shape index (κ3) is 6.21. The van der Waals surface area contributed by atoms with Crippen LogP contribution in [0.25, 0.3) is 0 Å². The van der Waals surface area contributed by atoms with Gasteiger partial charge >= 0.3 is 5.97 Å². The normalized spacial score (nSPS) is 11.7. The molecule has 0 unspecified atom stereocenters. The molecule has 19 heavy (non-hydrogen) atoms. The highest BCUT2D eigenvalue weighted by Gasteiger charge is 2.15. The summed E-state index contributed by atoms with van der Waals surface area (Å²) in [6.45, 7) is 2.02. The first-order chi connectivity index (χ1) is 9.13. The summed E-state index contributed by atoms with van der Waals surface area (Å²) >= 11 is 1.28. The van der Waals surface area contributed by atoms with Crippen molar-refractivity contribution in [3.05, 3.63) is 24.4 Å². The highest BCUT2D eigenvalue weighted by Crippen LogP contribution is 2.05. The minimum atomic E-state index is -0.701. The first kappa shape index (κ1) is 15.5. The van der Waals surface area contributed by atoms with Gasteiger partial charge in [-0.3, -0.25) is 9.59 Å². The van der Waals surface area contributed by atoms with Crippen molar-refractivity contribution in [3.63, 3.8) is 0 Å². The second-order valence-electron chi connectivity index (χ2n) is 3.64. The summed E-state index contributed by atoms with van der Waals surface area (Å²) in [5.74, 6) is 0.431. The molecule has 7 heteroatoms. The Hall–Kier alpha value is -1.60. The molecule has 1 atom stereocenters. The van der Waals surface area contributed by atoms with Crippen molar-refractivity contribution in [2.45, 2.75) is 13.0 Å². The molecule has 0 aliphatic rings. The zero-order chi connectivity index (χ0) is 14.1. The number of nitrogens with one attached hydrogen (secondary N) is 1. The van der Waals surface area contributed by atoms with E-state index < -0.39 is 12.0 Å². The first-order valence-corrected chi connectivity index (χ1v) is 6.99. The lowest BCUT2D eigenvalue weighted by Gasteiger charge is -2.09. The molecular formula is C12H17N3O3S. The summed E-state index contributed by atoms with van der Waals surface area (Å²) in [5, 5.41) is 2.64. The minimum absolute atomic E-state index is 0.181. The van der Waals surface area contributed by atoms with E-state index in [1.54, 1.807) is 31.3 Å². The molecule has 0 spiro atoms. The van der Waals surface area contributed by atoms with Gasteiger partial charge in [-0.2, -0.15) is 0 Å². The van der Waals surface area contributed by atoms with E-state index in [4.69, 9.17) is 10.5 Å². The van der Waals surface area contributed by atoms with Gasteiger partial charge in [-0.1, -0.05) is 6.07 Å². The van der Waals surface area contributed by atoms with Crippen LogP contribution in [0.5, 0.6) is 0 Å². The number of hydrogen-bond donors (Lipinski definition) is 2. The van der Waals surface area contributed by atoms with Crippen LogP contribution >= 0.6 is 11.8 Å². The number of rotatable bonds is 7. The lowest BCUT2D eigenvalue weighted by atomic mass is 10.4. The van der Waals surface area contributed by atoms with E-state index in [0.29, 0.717) is 18.2 Å². The molecule has 0 radical (unpaired) electrons. The SMILES string of the molecule is CCOC(=O)[C@H](N)CSCC(=O)Nc1ccccn1. The summed E-state index contributed by atoms with van der Waals surface area (Å²) in [6, 6.07) is 4.55. The highest BCUT2D eigenvalue weighted by atomic mass is 32.2. The van der Waals surface area contributed by atoms with Crippen LogP contribution in [0.1, 0.15) is 6.92 Å². The van der Waals surface area contributed by atoms with E-state index in [9.17, 15) is 9.59 Å². The van der Waals surface area contributed by atoms with Gasteiger partial charge in [0.1, 0.15) is 11.9 Å². The van der Waals surface area contributed by atoms with Crippen LogP contribution in [0.3, 0.4) is 0 Å². The molecule has 1 aromatic heterocycles. The third-order valence-corrected chi connectivity index (χ3v) is 3.11. The number of pyridine rings is 1. The van der Waals surface area contributed by atoms with Gasteiger partial charge in [-0.15, -0.1) is 11.8 Å². The van der Waals surface area contributed by atoms with Gasteiger partial charge in [-0.05, 0) is 19.1 Å². The number of thioether (sulfide) groups is 1. The van der Waals surface area contributed by atoms with Crippen molar-refractivity contribution >= 4 is 29.5 Å². The Bertz CT molecular complexity index is 414. The molecular weight excluding hydrogens is 266 g/mol. The second-order valence-corrected chi connectivity index (χ2v) is 4.67. The maximum Gasteiger partial charge on any atom is 0.323 e. The largest absolute Gasteiger partial charge is 0.465 e. The Morgan fingerprint density at radius 2 is 2.32 bits per heavy atom. The number of hydrogen-bond acceptors (Lipinski definition) is 6. The van der Waals surface area contributed by atoms with E-state index in [-0.39, 0.29) is 11.7 Å². The van der Waals surface area contributed by atoms with E-state index in [1.165, 1.54) is 11.8 Å². The molecule has 6 nitrogen and oxygen atoms in total. The van der Waals surface area contributed by atoms with Crippen LogP contribution in [0, 0.1) is 0 Å². The quantitative estimate of drug-likeness (QED) is 0.713. The number of carbonyl (C=O) groups excluding carboxylic acids is 2. The fourth-order valence-corrected chi connectivity index (χ4v) is 1.98. The molecule has 1 amide bonds. The molecule has 0 bridgehead atoms. The molecule has 104 valence electrons. The van der Waals surface area contributed by atoms with Crippen LogP contribution in [0.4, 0.5) is 5.82 Å². The number of esters is 1. The van der Waals surface area contributed by atoms with Crippen LogP contribution in [0.15, 0.2) is 24.4 Å². The number of nitrogens with zero attached hydrogens (tertiary/aromatic N) is 1. The van der Waals surface area contributed by atoms with Gasteiger partial charge in [-0.25, -0.2) is 4.98 Å².